The fraction of sp³-hybridized carbons (Fsp3) is 0.0714. The zero-order valence-electron chi connectivity index (χ0n) is 8.35. The molecule has 15 heavy (non-hydrogen) atoms. The molecular formula is C14H11N. The maximum Gasteiger partial charge on any atom is 0.0309 e. The molecule has 0 N–H and O–H groups in total. The van der Waals surface area contributed by atoms with Gasteiger partial charge in [-0.25, -0.2) is 0 Å². The molecule has 3 rings (SSSR count). The predicted molar refractivity (Wildman–Crippen MR) is 62.3 cm³/mol. The summed E-state index contributed by atoms with van der Waals surface area (Å²) in [5.41, 5.74) is 5.34. The van der Waals surface area contributed by atoms with Crippen LogP contribution < -0.4 is 0 Å². The van der Waals surface area contributed by atoms with Crippen molar-refractivity contribution in [2.24, 2.45) is 0 Å². The van der Waals surface area contributed by atoms with Crippen molar-refractivity contribution in [1.82, 2.24) is 4.98 Å². The number of pyridine rings is 1. The van der Waals surface area contributed by atoms with Gasteiger partial charge in [0.1, 0.15) is 0 Å². The van der Waals surface area contributed by atoms with Crippen molar-refractivity contribution >= 4 is 11.6 Å². The molecule has 0 saturated carbocycles. The van der Waals surface area contributed by atoms with Crippen molar-refractivity contribution in [1.29, 1.82) is 0 Å². The highest BCUT2D eigenvalue weighted by Gasteiger charge is 2.12. The van der Waals surface area contributed by atoms with Gasteiger partial charge in [0.15, 0.2) is 0 Å². The lowest BCUT2D eigenvalue weighted by atomic mass is 10.0. The van der Waals surface area contributed by atoms with Crippen molar-refractivity contribution in [2.75, 3.05) is 0 Å². The number of benzene rings is 1. The Morgan fingerprint density at radius 3 is 2.67 bits per heavy atom. The molecule has 1 heterocycles. The summed E-state index contributed by atoms with van der Waals surface area (Å²) in [6, 6.07) is 12.6. The highest BCUT2D eigenvalue weighted by Crippen LogP contribution is 2.30. The summed E-state index contributed by atoms with van der Waals surface area (Å²) in [6.07, 6.45) is 7.07. The topological polar surface area (TPSA) is 12.9 Å². The quantitative estimate of drug-likeness (QED) is 0.677. The number of rotatable bonds is 1. The van der Waals surface area contributed by atoms with Crippen LogP contribution >= 0.6 is 0 Å². The minimum Gasteiger partial charge on any atom is -0.264 e. The Morgan fingerprint density at radius 2 is 1.87 bits per heavy atom. The van der Waals surface area contributed by atoms with Crippen LogP contribution in [0.15, 0.2) is 48.8 Å². The summed E-state index contributed by atoms with van der Waals surface area (Å²) in [6.45, 7) is 0. The molecule has 0 spiro atoms. The first-order chi connectivity index (χ1) is 7.43. The van der Waals surface area contributed by atoms with E-state index in [9.17, 15) is 0 Å². The summed E-state index contributed by atoms with van der Waals surface area (Å²) in [5, 5.41) is 0. The molecule has 1 nitrogen and oxygen atoms in total. The Labute approximate surface area is 89.1 Å². The molecule has 0 amide bonds. The van der Waals surface area contributed by atoms with Crippen LogP contribution in [-0.4, -0.2) is 4.98 Å². The van der Waals surface area contributed by atoms with Gasteiger partial charge in [-0.05, 0) is 28.3 Å². The van der Waals surface area contributed by atoms with Gasteiger partial charge in [0.25, 0.3) is 0 Å². The average Bonchev–Trinajstić information content (AvgIpc) is 2.74. The first-order valence-corrected chi connectivity index (χ1v) is 5.12. The molecule has 0 aliphatic heterocycles. The van der Waals surface area contributed by atoms with Crippen LogP contribution in [0.5, 0.6) is 0 Å². The normalized spacial score (nSPS) is 13.5. The van der Waals surface area contributed by atoms with Gasteiger partial charge in [-0.2, -0.15) is 0 Å². The Hall–Kier alpha value is -1.89. The van der Waals surface area contributed by atoms with Crippen molar-refractivity contribution in [3.05, 3.63) is 65.5 Å². The minimum absolute atomic E-state index is 1.01. The SMILES string of the molecule is C1=C(c2ccccc2)Cc2cnccc21. The van der Waals surface area contributed by atoms with E-state index >= 15 is 0 Å². The highest BCUT2D eigenvalue weighted by atomic mass is 14.6. The number of allylic oxidation sites excluding steroid dienone is 1. The number of aromatic nitrogens is 1. The second-order valence-corrected chi connectivity index (χ2v) is 3.79. The molecule has 1 heteroatoms. The molecule has 0 fully saturated rings. The molecule has 1 aromatic carbocycles. The Morgan fingerprint density at radius 1 is 1.00 bits per heavy atom. The summed E-state index contributed by atoms with van der Waals surface area (Å²) >= 11 is 0. The molecular weight excluding hydrogens is 182 g/mol. The third-order valence-corrected chi connectivity index (χ3v) is 2.80. The van der Waals surface area contributed by atoms with Gasteiger partial charge in [-0.3, -0.25) is 4.98 Å². The molecule has 0 atom stereocenters. The summed E-state index contributed by atoms with van der Waals surface area (Å²) < 4.78 is 0. The molecule has 72 valence electrons. The molecule has 1 aliphatic carbocycles. The molecule has 1 aromatic heterocycles. The number of fused-ring (bicyclic) bond motifs is 1. The van der Waals surface area contributed by atoms with Crippen LogP contribution in [-0.2, 0) is 6.42 Å². The first kappa shape index (κ1) is 8.42. The zero-order chi connectivity index (χ0) is 10.1. The third-order valence-electron chi connectivity index (χ3n) is 2.80. The van der Waals surface area contributed by atoms with Crippen LogP contribution in [0.25, 0.3) is 11.6 Å². The predicted octanol–water partition coefficient (Wildman–Crippen LogP) is 3.18. The second-order valence-electron chi connectivity index (χ2n) is 3.79. The van der Waals surface area contributed by atoms with Gasteiger partial charge < -0.3 is 0 Å². The fourth-order valence-corrected chi connectivity index (χ4v) is 2.01. The molecule has 1 aliphatic rings. The van der Waals surface area contributed by atoms with Crippen molar-refractivity contribution in [2.45, 2.75) is 6.42 Å². The second kappa shape index (κ2) is 3.35. The van der Waals surface area contributed by atoms with E-state index < -0.39 is 0 Å². The Kier molecular flexibility index (Phi) is 1.88. The largest absolute Gasteiger partial charge is 0.264 e. The van der Waals surface area contributed by atoms with Gasteiger partial charge in [0, 0.05) is 18.8 Å². The fourth-order valence-electron chi connectivity index (χ4n) is 2.01. The van der Waals surface area contributed by atoms with Gasteiger partial charge in [0.2, 0.25) is 0 Å². The smallest absolute Gasteiger partial charge is 0.0309 e. The zero-order valence-corrected chi connectivity index (χ0v) is 8.35. The molecule has 0 radical (unpaired) electrons. The molecule has 2 aromatic rings. The van der Waals surface area contributed by atoms with E-state index in [1.807, 2.05) is 18.5 Å². The van der Waals surface area contributed by atoms with Crippen molar-refractivity contribution in [3.63, 3.8) is 0 Å². The average molecular weight is 193 g/mol. The van der Waals surface area contributed by atoms with E-state index in [1.165, 1.54) is 22.3 Å². The van der Waals surface area contributed by atoms with Crippen LogP contribution in [0.4, 0.5) is 0 Å². The van der Waals surface area contributed by atoms with Crippen LogP contribution in [0.2, 0.25) is 0 Å². The lowest BCUT2D eigenvalue weighted by Crippen LogP contribution is -1.85. The van der Waals surface area contributed by atoms with Crippen molar-refractivity contribution in [3.8, 4) is 0 Å². The minimum atomic E-state index is 1.01. The highest BCUT2D eigenvalue weighted by molar-refractivity contribution is 5.88. The maximum absolute atomic E-state index is 4.15. The van der Waals surface area contributed by atoms with Gasteiger partial charge in [-0.15, -0.1) is 0 Å². The lowest BCUT2D eigenvalue weighted by molar-refractivity contribution is 1.22. The summed E-state index contributed by atoms with van der Waals surface area (Å²) in [7, 11) is 0. The van der Waals surface area contributed by atoms with Crippen LogP contribution in [0.3, 0.4) is 0 Å². The lowest BCUT2D eigenvalue weighted by Gasteiger charge is -2.00. The number of hydrogen-bond acceptors (Lipinski definition) is 1. The van der Waals surface area contributed by atoms with Crippen LogP contribution in [0.1, 0.15) is 16.7 Å². The van der Waals surface area contributed by atoms with E-state index in [-0.39, 0.29) is 0 Å². The van der Waals surface area contributed by atoms with E-state index in [1.54, 1.807) is 0 Å². The van der Waals surface area contributed by atoms with E-state index in [2.05, 4.69) is 41.4 Å². The molecule has 0 unspecified atom stereocenters. The van der Waals surface area contributed by atoms with Gasteiger partial charge in [-0.1, -0.05) is 36.4 Å². The Balaban J connectivity index is 2.02. The standard InChI is InChI=1S/C14H11N/c1-2-4-11(5-3-1)13-8-12-6-7-15-10-14(12)9-13/h1-8,10H,9H2. The molecule has 0 bridgehead atoms. The number of hydrogen-bond donors (Lipinski definition) is 0. The van der Waals surface area contributed by atoms with E-state index in [0.29, 0.717) is 0 Å². The first-order valence-electron chi connectivity index (χ1n) is 5.12. The maximum atomic E-state index is 4.15. The van der Waals surface area contributed by atoms with E-state index in [4.69, 9.17) is 0 Å². The van der Waals surface area contributed by atoms with Gasteiger partial charge in [0.05, 0.1) is 0 Å². The van der Waals surface area contributed by atoms with Gasteiger partial charge >= 0.3 is 0 Å². The molecule has 0 saturated heterocycles. The third kappa shape index (κ3) is 1.46. The summed E-state index contributed by atoms with van der Waals surface area (Å²) in [4.78, 5) is 4.15. The number of nitrogens with zero attached hydrogens (tertiary/aromatic N) is 1. The van der Waals surface area contributed by atoms with E-state index in [0.717, 1.165) is 6.42 Å². The van der Waals surface area contributed by atoms with Crippen molar-refractivity contribution < 1.29 is 0 Å². The monoisotopic (exact) mass is 193 g/mol. The summed E-state index contributed by atoms with van der Waals surface area (Å²) in [5.74, 6) is 0. The Bertz CT molecular complexity index is 512. The van der Waals surface area contributed by atoms with Crippen LogP contribution in [0, 0.1) is 0 Å².